The molecule has 2 rings (SSSR count). The first-order valence-corrected chi connectivity index (χ1v) is 7.03. The van der Waals surface area contributed by atoms with Gasteiger partial charge in [0, 0.05) is 19.6 Å². The van der Waals surface area contributed by atoms with Gasteiger partial charge in [0.05, 0.1) is 18.7 Å². The molecule has 0 radical (unpaired) electrons. The van der Waals surface area contributed by atoms with E-state index < -0.39 is 0 Å². The highest BCUT2D eigenvalue weighted by Crippen LogP contribution is 2.28. The van der Waals surface area contributed by atoms with Crippen molar-refractivity contribution >= 4 is 5.78 Å². The number of ether oxygens (including phenoxy) is 1. The third kappa shape index (κ3) is 2.72. The predicted octanol–water partition coefficient (Wildman–Crippen LogP) is 1.74. The van der Waals surface area contributed by atoms with Gasteiger partial charge in [-0.3, -0.25) is 9.69 Å². The summed E-state index contributed by atoms with van der Waals surface area (Å²) in [6.07, 6.45) is 0. The van der Waals surface area contributed by atoms with E-state index in [1.54, 1.807) is 7.11 Å². The molecule has 1 aromatic carbocycles. The second-order valence-electron chi connectivity index (χ2n) is 5.71. The molecule has 1 saturated heterocycles. The number of methoxy groups -OCH3 is 1. The molecule has 0 aromatic heterocycles. The lowest BCUT2D eigenvalue weighted by Crippen LogP contribution is -2.53. The van der Waals surface area contributed by atoms with Crippen LogP contribution in [0.25, 0.3) is 0 Å². The molecule has 1 aliphatic heterocycles. The second-order valence-corrected chi connectivity index (χ2v) is 5.71. The molecule has 1 atom stereocenters. The number of aryl methyl sites for hydroxylation is 1. The summed E-state index contributed by atoms with van der Waals surface area (Å²) >= 11 is 0. The van der Waals surface area contributed by atoms with Crippen LogP contribution in [0.3, 0.4) is 0 Å². The summed E-state index contributed by atoms with van der Waals surface area (Å²) in [6.45, 7) is 6.73. The molecule has 110 valence electrons. The number of carbonyl (C=O) groups is 1. The molecule has 4 nitrogen and oxygen atoms in total. The van der Waals surface area contributed by atoms with Gasteiger partial charge in [-0.1, -0.05) is 6.07 Å². The largest absolute Gasteiger partial charge is 0.496 e. The molecule has 1 fully saturated rings. The number of carbonyl (C=O) groups excluding carboxylic acids is 1. The average Bonchev–Trinajstić information content (AvgIpc) is 2.43. The zero-order chi connectivity index (χ0) is 14.9. The van der Waals surface area contributed by atoms with Gasteiger partial charge < -0.3 is 9.64 Å². The minimum atomic E-state index is -0.0928. The topological polar surface area (TPSA) is 32.8 Å². The fourth-order valence-electron chi connectivity index (χ4n) is 2.72. The van der Waals surface area contributed by atoms with Crippen LogP contribution in [-0.4, -0.2) is 62.5 Å². The summed E-state index contributed by atoms with van der Waals surface area (Å²) in [5, 5.41) is 0. The van der Waals surface area contributed by atoms with E-state index in [2.05, 4.69) is 16.8 Å². The maximum atomic E-state index is 12.9. The van der Waals surface area contributed by atoms with Crippen molar-refractivity contribution in [2.45, 2.75) is 19.9 Å². The van der Waals surface area contributed by atoms with Gasteiger partial charge in [0.25, 0.3) is 0 Å². The molecule has 0 spiro atoms. The van der Waals surface area contributed by atoms with Gasteiger partial charge in [0.15, 0.2) is 5.78 Å². The third-order valence-corrected chi connectivity index (χ3v) is 4.30. The molecule has 1 heterocycles. The third-order valence-electron chi connectivity index (χ3n) is 4.30. The van der Waals surface area contributed by atoms with Crippen LogP contribution >= 0.6 is 0 Å². The van der Waals surface area contributed by atoms with E-state index in [9.17, 15) is 4.79 Å². The number of benzene rings is 1. The van der Waals surface area contributed by atoms with Gasteiger partial charge in [0.1, 0.15) is 5.75 Å². The van der Waals surface area contributed by atoms with E-state index >= 15 is 0 Å². The first-order chi connectivity index (χ1) is 9.45. The van der Waals surface area contributed by atoms with Crippen molar-refractivity contribution < 1.29 is 9.53 Å². The quantitative estimate of drug-likeness (QED) is 0.787. The Labute approximate surface area is 121 Å². The molecule has 1 unspecified atom stereocenters. The zero-order valence-corrected chi connectivity index (χ0v) is 13.1. The van der Waals surface area contributed by atoms with Crippen molar-refractivity contribution in [3.63, 3.8) is 0 Å². The Morgan fingerprint density at radius 2 is 1.95 bits per heavy atom. The number of rotatable bonds is 3. The number of ketones is 1. The monoisotopic (exact) mass is 276 g/mol. The number of hydrogen-bond donors (Lipinski definition) is 0. The van der Waals surface area contributed by atoms with Gasteiger partial charge >= 0.3 is 0 Å². The van der Waals surface area contributed by atoms with Gasteiger partial charge in [-0.05, 0) is 45.1 Å². The number of piperazine rings is 1. The lowest BCUT2D eigenvalue weighted by molar-refractivity contribution is 0.0683. The number of nitrogens with zero attached hydrogens (tertiary/aromatic N) is 2. The Bertz CT molecular complexity index is 513. The Morgan fingerprint density at radius 1 is 1.25 bits per heavy atom. The van der Waals surface area contributed by atoms with Crippen LogP contribution in [0.1, 0.15) is 21.5 Å². The molecule has 0 bridgehead atoms. The highest BCUT2D eigenvalue weighted by atomic mass is 16.5. The second kappa shape index (κ2) is 5.94. The lowest BCUT2D eigenvalue weighted by atomic mass is 9.96. The summed E-state index contributed by atoms with van der Waals surface area (Å²) in [7, 11) is 5.71. The predicted molar refractivity (Wildman–Crippen MR) is 80.7 cm³/mol. The van der Waals surface area contributed by atoms with E-state index in [0.717, 1.165) is 36.5 Å². The van der Waals surface area contributed by atoms with Gasteiger partial charge in [-0.15, -0.1) is 0 Å². The Kier molecular flexibility index (Phi) is 4.45. The van der Waals surface area contributed by atoms with Crippen molar-refractivity contribution in [1.29, 1.82) is 0 Å². The van der Waals surface area contributed by atoms with Crippen LogP contribution in [0, 0.1) is 13.8 Å². The highest BCUT2D eigenvalue weighted by Gasteiger charge is 2.31. The van der Waals surface area contributed by atoms with Crippen molar-refractivity contribution in [3.05, 3.63) is 28.8 Å². The fourth-order valence-corrected chi connectivity index (χ4v) is 2.72. The molecule has 0 saturated carbocycles. The maximum absolute atomic E-state index is 12.9. The van der Waals surface area contributed by atoms with E-state index in [-0.39, 0.29) is 11.8 Å². The fraction of sp³-hybridized carbons (Fsp3) is 0.562. The smallest absolute Gasteiger partial charge is 0.184 e. The van der Waals surface area contributed by atoms with E-state index in [1.807, 2.05) is 33.0 Å². The van der Waals surface area contributed by atoms with E-state index in [4.69, 9.17) is 4.74 Å². The summed E-state index contributed by atoms with van der Waals surface area (Å²) in [5.74, 6) is 0.871. The zero-order valence-electron chi connectivity index (χ0n) is 13.1. The average molecular weight is 276 g/mol. The van der Waals surface area contributed by atoms with Crippen molar-refractivity contribution in [2.24, 2.45) is 0 Å². The molecule has 4 heteroatoms. The molecular weight excluding hydrogens is 252 g/mol. The summed E-state index contributed by atoms with van der Waals surface area (Å²) < 4.78 is 5.48. The summed E-state index contributed by atoms with van der Waals surface area (Å²) in [4.78, 5) is 17.2. The van der Waals surface area contributed by atoms with E-state index in [1.165, 1.54) is 0 Å². The summed E-state index contributed by atoms with van der Waals surface area (Å²) in [6, 6.07) is 3.80. The summed E-state index contributed by atoms with van der Waals surface area (Å²) in [5.41, 5.74) is 2.89. The number of Topliss-reactive ketones (excluding diaryl/α,β-unsaturated/α-hetero) is 1. The van der Waals surface area contributed by atoms with Crippen LogP contribution in [0.4, 0.5) is 0 Å². The number of likely N-dealkylation sites (N-methyl/N-ethyl adjacent to an activating group) is 2. The molecule has 0 N–H and O–H groups in total. The molecular formula is C16H24N2O2. The minimum Gasteiger partial charge on any atom is -0.496 e. The molecule has 0 amide bonds. The Morgan fingerprint density at radius 3 is 2.60 bits per heavy atom. The first kappa shape index (κ1) is 15.0. The van der Waals surface area contributed by atoms with Crippen LogP contribution in [0.2, 0.25) is 0 Å². The van der Waals surface area contributed by atoms with Crippen molar-refractivity contribution in [1.82, 2.24) is 9.80 Å². The normalized spacial score (nSPS) is 20.9. The van der Waals surface area contributed by atoms with Crippen molar-refractivity contribution in [2.75, 3.05) is 40.8 Å². The number of hydrogen-bond acceptors (Lipinski definition) is 4. The SMILES string of the molecule is COc1c(C(=O)C2CN(C)CCN2C)ccc(C)c1C. The van der Waals surface area contributed by atoms with Crippen LogP contribution in [0.15, 0.2) is 12.1 Å². The molecule has 20 heavy (non-hydrogen) atoms. The maximum Gasteiger partial charge on any atom is 0.184 e. The standard InChI is InChI=1S/C16H24N2O2/c1-11-6-7-13(16(20-5)12(11)2)15(19)14-10-17(3)8-9-18(14)4/h6-7,14H,8-10H2,1-5H3. The molecule has 0 aliphatic carbocycles. The van der Waals surface area contributed by atoms with E-state index in [0.29, 0.717) is 5.56 Å². The Balaban J connectivity index is 2.35. The van der Waals surface area contributed by atoms with Crippen LogP contribution in [0.5, 0.6) is 5.75 Å². The lowest BCUT2D eigenvalue weighted by Gasteiger charge is -2.36. The van der Waals surface area contributed by atoms with Crippen LogP contribution < -0.4 is 4.74 Å². The molecule has 1 aromatic rings. The first-order valence-electron chi connectivity index (χ1n) is 7.03. The Hall–Kier alpha value is -1.39. The minimum absolute atomic E-state index is 0.0928. The van der Waals surface area contributed by atoms with Gasteiger partial charge in [0.2, 0.25) is 0 Å². The molecule has 1 aliphatic rings. The van der Waals surface area contributed by atoms with Gasteiger partial charge in [-0.25, -0.2) is 0 Å². The van der Waals surface area contributed by atoms with Gasteiger partial charge in [-0.2, -0.15) is 0 Å². The highest BCUT2D eigenvalue weighted by molar-refractivity contribution is 6.03. The van der Waals surface area contributed by atoms with Crippen molar-refractivity contribution in [3.8, 4) is 5.75 Å². The van der Waals surface area contributed by atoms with Crippen LogP contribution in [-0.2, 0) is 0 Å².